The number of hydrogen-bond acceptors (Lipinski definition) is 6. The van der Waals surface area contributed by atoms with Crippen molar-refractivity contribution in [3.05, 3.63) is 28.8 Å². The van der Waals surface area contributed by atoms with Crippen LogP contribution in [0.1, 0.15) is 36.5 Å². The van der Waals surface area contributed by atoms with Crippen LogP contribution in [0.3, 0.4) is 0 Å². The third-order valence-corrected chi connectivity index (χ3v) is 4.56. The third-order valence-electron chi connectivity index (χ3n) is 4.56. The number of imide groups is 1. The molecule has 1 spiro atoms. The molecule has 7 heteroatoms. The molecule has 0 aliphatic carbocycles. The molecule has 1 atom stereocenters. The molecule has 3 rings (SSSR count). The molecule has 2 aliphatic heterocycles. The maximum absolute atomic E-state index is 13.1. The molecule has 0 unspecified atom stereocenters. The molecule has 7 nitrogen and oxygen atoms in total. The largest absolute Gasteiger partial charge is 0.461 e. The van der Waals surface area contributed by atoms with E-state index in [1.165, 1.54) is 4.90 Å². The Labute approximate surface area is 146 Å². The molecule has 0 aromatic heterocycles. The number of nitrogens with one attached hydrogen (secondary N) is 1. The van der Waals surface area contributed by atoms with Gasteiger partial charge in [0, 0.05) is 6.42 Å². The van der Waals surface area contributed by atoms with E-state index in [1.54, 1.807) is 6.92 Å². The van der Waals surface area contributed by atoms with Crippen LogP contribution in [0.2, 0.25) is 0 Å². The van der Waals surface area contributed by atoms with Crippen molar-refractivity contribution in [3.63, 3.8) is 0 Å². The average molecular weight is 343 g/mol. The first-order valence-corrected chi connectivity index (χ1v) is 8.25. The fourth-order valence-electron chi connectivity index (χ4n) is 3.59. The molecule has 2 heterocycles. The number of anilines is 1. The molecule has 2 amide bonds. The predicted molar refractivity (Wildman–Crippen MR) is 92.3 cm³/mol. The molecule has 1 saturated heterocycles. The van der Waals surface area contributed by atoms with Crippen LogP contribution in [0.15, 0.2) is 17.2 Å². The van der Waals surface area contributed by atoms with Crippen molar-refractivity contribution in [3.8, 4) is 0 Å². The van der Waals surface area contributed by atoms with Gasteiger partial charge in [0.15, 0.2) is 0 Å². The van der Waals surface area contributed by atoms with Crippen molar-refractivity contribution in [2.75, 3.05) is 11.5 Å². The summed E-state index contributed by atoms with van der Waals surface area (Å²) in [6.45, 7) is 7.65. The number of nitrogens with zero attached hydrogens (tertiary/aromatic N) is 2. The van der Waals surface area contributed by atoms with Gasteiger partial charge in [-0.2, -0.15) is 5.10 Å². The van der Waals surface area contributed by atoms with Gasteiger partial charge in [0.1, 0.15) is 11.3 Å². The summed E-state index contributed by atoms with van der Waals surface area (Å²) in [7, 11) is 0. The van der Waals surface area contributed by atoms with Gasteiger partial charge in [-0.1, -0.05) is 17.7 Å². The van der Waals surface area contributed by atoms with Crippen LogP contribution in [-0.2, 0) is 19.1 Å². The topological polar surface area (TPSA) is 88.1 Å². The summed E-state index contributed by atoms with van der Waals surface area (Å²) in [5.74, 6) is -1.24. The van der Waals surface area contributed by atoms with Gasteiger partial charge >= 0.3 is 5.97 Å². The lowest BCUT2D eigenvalue weighted by atomic mass is 9.92. The molecule has 25 heavy (non-hydrogen) atoms. The summed E-state index contributed by atoms with van der Waals surface area (Å²) in [5.41, 5.74) is 5.08. The molecular weight excluding hydrogens is 322 g/mol. The standard InChI is InChI=1S/C18H21N3O4/c1-5-25-16(23)13-8-18(20-19-13)9-14(22)21(17(18)24)15-11(3)6-10(2)7-12(15)4/h6-7,20H,5,8-9H2,1-4H3/t18-/m1/s1. The van der Waals surface area contributed by atoms with Gasteiger partial charge in [0.25, 0.3) is 5.91 Å². The highest BCUT2D eigenvalue weighted by molar-refractivity contribution is 6.39. The molecule has 2 aliphatic rings. The van der Waals surface area contributed by atoms with Crippen LogP contribution in [-0.4, -0.2) is 35.6 Å². The number of aryl methyl sites for hydroxylation is 3. The van der Waals surface area contributed by atoms with Crippen molar-refractivity contribution in [2.24, 2.45) is 5.10 Å². The monoisotopic (exact) mass is 343 g/mol. The maximum atomic E-state index is 13.1. The summed E-state index contributed by atoms with van der Waals surface area (Å²) in [6.07, 6.45) is 0.0157. The number of carbonyl (C=O) groups excluding carboxylic acids is 3. The van der Waals surface area contributed by atoms with Gasteiger partial charge in [0.05, 0.1) is 18.7 Å². The molecular formula is C18H21N3O4. The van der Waals surface area contributed by atoms with Crippen LogP contribution in [0.25, 0.3) is 0 Å². The number of rotatable bonds is 3. The van der Waals surface area contributed by atoms with Crippen LogP contribution < -0.4 is 10.3 Å². The second kappa shape index (κ2) is 5.98. The minimum absolute atomic E-state index is 0.0367. The van der Waals surface area contributed by atoms with E-state index >= 15 is 0 Å². The van der Waals surface area contributed by atoms with Crippen molar-refractivity contribution < 1.29 is 19.1 Å². The summed E-state index contributed by atoms with van der Waals surface area (Å²) >= 11 is 0. The van der Waals surface area contributed by atoms with Gasteiger partial charge in [-0.25, -0.2) is 9.69 Å². The maximum Gasteiger partial charge on any atom is 0.354 e. The lowest BCUT2D eigenvalue weighted by Crippen LogP contribution is -2.48. The zero-order chi connectivity index (χ0) is 18.4. The number of benzene rings is 1. The predicted octanol–water partition coefficient (Wildman–Crippen LogP) is 1.53. The van der Waals surface area contributed by atoms with E-state index < -0.39 is 11.5 Å². The van der Waals surface area contributed by atoms with E-state index in [2.05, 4.69) is 10.5 Å². The first-order valence-electron chi connectivity index (χ1n) is 8.25. The summed E-state index contributed by atoms with van der Waals surface area (Å²) in [4.78, 5) is 38.8. The zero-order valence-electron chi connectivity index (χ0n) is 14.8. The van der Waals surface area contributed by atoms with E-state index in [0.717, 1.165) is 16.7 Å². The van der Waals surface area contributed by atoms with Crippen molar-refractivity contribution in [2.45, 2.75) is 46.1 Å². The number of hydrazone groups is 1. The minimum Gasteiger partial charge on any atom is -0.461 e. The Bertz CT molecular complexity index is 792. The summed E-state index contributed by atoms with van der Waals surface area (Å²) in [5, 5.41) is 3.95. The fraction of sp³-hybridized carbons (Fsp3) is 0.444. The first kappa shape index (κ1) is 17.1. The Morgan fingerprint density at radius 2 is 1.88 bits per heavy atom. The zero-order valence-corrected chi connectivity index (χ0v) is 14.8. The van der Waals surface area contributed by atoms with E-state index in [1.807, 2.05) is 32.9 Å². The lowest BCUT2D eigenvalue weighted by molar-refractivity contribution is -0.135. The Balaban J connectivity index is 1.92. The smallest absolute Gasteiger partial charge is 0.354 e. The molecule has 132 valence electrons. The average Bonchev–Trinajstić information content (AvgIpc) is 3.04. The molecule has 0 saturated carbocycles. The quantitative estimate of drug-likeness (QED) is 0.664. The molecule has 0 bridgehead atoms. The van der Waals surface area contributed by atoms with Crippen LogP contribution >= 0.6 is 0 Å². The number of carbonyl (C=O) groups is 3. The van der Waals surface area contributed by atoms with Gasteiger partial charge in [-0.3, -0.25) is 15.0 Å². The first-order chi connectivity index (χ1) is 11.8. The van der Waals surface area contributed by atoms with Gasteiger partial charge in [-0.15, -0.1) is 0 Å². The normalized spacial score (nSPS) is 22.4. The fourth-order valence-corrected chi connectivity index (χ4v) is 3.59. The number of esters is 1. The van der Waals surface area contributed by atoms with E-state index in [-0.39, 0.29) is 37.0 Å². The van der Waals surface area contributed by atoms with E-state index in [0.29, 0.717) is 5.69 Å². The van der Waals surface area contributed by atoms with Crippen LogP contribution in [0, 0.1) is 20.8 Å². The molecule has 1 N–H and O–H groups in total. The van der Waals surface area contributed by atoms with E-state index in [4.69, 9.17) is 4.74 Å². The van der Waals surface area contributed by atoms with Crippen molar-refractivity contribution in [1.29, 1.82) is 0 Å². The number of amides is 2. The third kappa shape index (κ3) is 2.69. The Morgan fingerprint density at radius 3 is 2.48 bits per heavy atom. The highest BCUT2D eigenvalue weighted by atomic mass is 16.5. The van der Waals surface area contributed by atoms with E-state index in [9.17, 15) is 14.4 Å². The Kier molecular flexibility index (Phi) is 4.10. The van der Waals surface area contributed by atoms with Crippen LogP contribution in [0.4, 0.5) is 5.69 Å². The summed E-state index contributed by atoms with van der Waals surface area (Å²) in [6, 6.07) is 3.88. The lowest BCUT2D eigenvalue weighted by Gasteiger charge is -2.23. The van der Waals surface area contributed by atoms with Crippen molar-refractivity contribution >= 4 is 29.2 Å². The van der Waals surface area contributed by atoms with Gasteiger partial charge < -0.3 is 4.74 Å². The van der Waals surface area contributed by atoms with Gasteiger partial charge in [-0.05, 0) is 38.8 Å². The SMILES string of the molecule is CCOC(=O)C1=NN[C@@]2(CC(=O)N(c3c(C)cc(C)cc3C)C2=O)C1. The highest BCUT2D eigenvalue weighted by Gasteiger charge is 2.56. The second-order valence-electron chi connectivity index (χ2n) is 6.61. The number of hydrogen-bond donors (Lipinski definition) is 1. The Morgan fingerprint density at radius 1 is 1.24 bits per heavy atom. The Hall–Kier alpha value is -2.70. The number of ether oxygens (including phenoxy) is 1. The second-order valence-corrected chi connectivity index (χ2v) is 6.61. The molecule has 1 aromatic rings. The molecule has 1 fully saturated rings. The van der Waals surface area contributed by atoms with Crippen LogP contribution in [0.5, 0.6) is 0 Å². The van der Waals surface area contributed by atoms with Crippen molar-refractivity contribution in [1.82, 2.24) is 5.43 Å². The minimum atomic E-state index is -1.19. The molecule has 1 aromatic carbocycles. The highest BCUT2D eigenvalue weighted by Crippen LogP contribution is 2.37. The molecule has 0 radical (unpaired) electrons. The van der Waals surface area contributed by atoms with Gasteiger partial charge in [0.2, 0.25) is 5.91 Å². The summed E-state index contributed by atoms with van der Waals surface area (Å²) < 4.78 is 4.93.